The smallest absolute Gasteiger partial charge is 0.163 e. The number of benzene rings is 1. The molecule has 0 aliphatic carbocycles. The Morgan fingerprint density at radius 1 is 1.17 bits per heavy atom. The van der Waals surface area contributed by atoms with Gasteiger partial charge in [0.15, 0.2) is 11.6 Å². The summed E-state index contributed by atoms with van der Waals surface area (Å²) in [5.41, 5.74) is 3.82. The normalized spacial score (nSPS) is 16.1. The third-order valence-electron chi connectivity index (χ3n) is 6.42. The van der Waals surface area contributed by atoms with Gasteiger partial charge in [-0.3, -0.25) is 0 Å². The van der Waals surface area contributed by atoms with Crippen LogP contribution in [0.1, 0.15) is 36.8 Å². The maximum Gasteiger partial charge on any atom is 0.163 e. The summed E-state index contributed by atoms with van der Waals surface area (Å²) in [5, 5.41) is 9.21. The van der Waals surface area contributed by atoms with Crippen molar-refractivity contribution in [1.82, 2.24) is 29.7 Å². The highest BCUT2D eigenvalue weighted by Crippen LogP contribution is 2.30. The second kappa shape index (κ2) is 9.95. The zero-order valence-electron chi connectivity index (χ0n) is 20.7. The van der Waals surface area contributed by atoms with E-state index in [4.69, 9.17) is 19.4 Å². The van der Waals surface area contributed by atoms with E-state index in [1.807, 2.05) is 49.9 Å². The van der Waals surface area contributed by atoms with Crippen molar-refractivity contribution < 1.29 is 9.47 Å². The van der Waals surface area contributed by atoms with Crippen molar-refractivity contribution in [3.8, 4) is 17.1 Å². The summed E-state index contributed by atoms with van der Waals surface area (Å²) in [4.78, 5) is 16.8. The number of nitrogens with zero attached hydrogens (tertiary/aromatic N) is 7. The predicted octanol–water partition coefficient (Wildman–Crippen LogP) is 3.73. The van der Waals surface area contributed by atoms with Crippen LogP contribution < -0.4 is 9.64 Å². The second-order valence-corrected chi connectivity index (χ2v) is 8.96. The Bertz CT molecular complexity index is 1340. The molecule has 1 aromatic carbocycles. The van der Waals surface area contributed by atoms with E-state index in [1.165, 1.54) is 0 Å². The van der Waals surface area contributed by atoms with Crippen LogP contribution in [-0.2, 0) is 18.2 Å². The molecule has 5 rings (SSSR count). The fourth-order valence-electron chi connectivity index (χ4n) is 4.66. The lowest BCUT2D eigenvalue weighted by molar-refractivity contribution is 0.0892. The number of pyridine rings is 1. The lowest BCUT2D eigenvalue weighted by atomic mass is 10.1. The number of ether oxygens (including phenoxy) is 2. The maximum atomic E-state index is 5.99. The van der Waals surface area contributed by atoms with Gasteiger partial charge in [-0.05, 0) is 38.8 Å². The van der Waals surface area contributed by atoms with Crippen molar-refractivity contribution in [3.05, 3.63) is 53.9 Å². The number of hydrogen-bond acceptors (Lipinski definition) is 8. The van der Waals surface area contributed by atoms with Gasteiger partial charge in [0.1, 0.15) is 23.4 Å². The average molecular weight is 474 g/mol. The Balaban J connectivity index is 1.50. The molecule has 1 saturated heterocycles. The minimum absolute atomic E-state index is 0.212. The van der Waals surface area contributed by atoms with E-state index in [2.05, 4.69) is 26.1 Å². The SMILES string of the molecule is CCOc1cc(-c2nncn2C)ccc1Cc1ncc2cc(C)nc(N3CCCC(OC)C3)c2n1. The molecule has 0 N–H and O–H groups in total. The first-order valence-electron chi connectivity index (χ1n) is 12.1. The summed E-state index contributed by atoms with van der Waals surface area (Å²) >= 11 is 0. The zero-order chi connectivity index (χ0) is 24.4. The van der Waals surface area contributed by atoms with E-state index >= 15 is 0 Å². The topological polar surface area (TPSA) is 91.1 Å². The van der Waals surface area contributed by atoms with Crippen molar-refractivity contribution in [2.24, 2.45) is 7.05 Å². The summed E-state index contributed by atoms with van der Waals surface area (Å²) in [6, 6.07) is 8.16. The highest BCUT2D eigenvalue weighted by atomic mass is 16.5. The van der Waals surface area contributed by atoms with Gasteiger partial charge in [0, 0.05) is 62.1 Å². The van der Waals surface area contributed by atoms with Gasteiger partial charge >= 0.3 is 0 Å². The molecule has 0 saturated carbocycles. The molecule has 1 aliphatic heterocycles. The monoisotopic (exact) mass is 473 g/mol. The van der Waals surface area contributed by atoms with E-state index in [0.29, 0.717) is 13.0 Å². The van der Waals surface area contributed by atoms with Crippen molar-refractivity contribution in [3.63, 3.8) is 0 Å². The molecule has 35 heavy (non-hydrogen) atoms. The first-order valence-corrected chi connectivity index (χ1v) is 12.1. The molecule has 1 atom stereocenters. The molecule has 182 valence electrons. The van der Waals surface area contributed by atoms with Crippen LogP contribution in [-0.4, -0.2) is 62.6 Å². The van der Waals surface area contributed by atoms with Crippen LogP contribution >= 0.6 is 0 Å². The lowest BCUT2D eigenvalue weighted by Crippen LogP contribution is -2.40. The summed E-state index contributed by atoms with van der Waals surface area (Å²) in [6.07, 6.45) is 6.51. The van der Waals surface area contributed by atoms with Gasteiger partial charge in [0.05, 0.1) is 12.7 Å². The van der Waals surface area contributed by atoms with Crippen molar-refractivity contribution in [2.75, 3.05) is 31.7 Å². The second-order valence-electron chi connectivity index (χ2n) is 8.96. The Kier molecular flexibility index (Phi) is 6.59. The standard InChI is InChI=1S/C26H31N7O2/c1-5-35-22-12-19(25-31-28-16-32(25)3)9-8-18(22)13-23-27-14-20-11-17(2)29-26(24(20)30-23)33-10-6-7-21(15-33)34-4/h8-9,11-12,14,16,21H,5-7,10,13,15H2,1-4H3. The van der Waals surface area contributed by atoms with Gasteiger partial charge in [0.25, 0.3) is 0 Å². The largest absolute Gasteiger partial charge is 0.494 e. The van der Waals surface area contributed by atoms with Crippen molar-refractivity contribution >= 4 is 16.7 Å². The van der Waals surface area contributed by atoms with Gasteiger partial charge in [-0.15, -0.1) is 10.2 Å². The third kappa shape index (κ3) is 4.81. The molecule has 0 bridgehead atoms. The van der Waals surface area contributed by atoms with E-state index in [1.54, 1.807) is 13.4 Å². The molecule has 4 aromatic rings. The molecule has 9 nitrogen and oxygen atoms in total. The fraction of sp³-hybridized carbons (Fsp3) is 0.423. The molecular formula is C26H31N7O2. The van der Waals surface area contributed by atoms with Crippen LogP contribution in [0.2, 0.25) is 0 Å². The number of anilines is 1. The van der Waals surface area contributed by atoms with Crippen LogP contribution in [0.25, 0.3) is 22.3 Å². The first-order chi connectivity index (χ1) is 17.1. The number of fused-ring (bicyclic) bond motifs is 1. The molecule has 0 spiro atoms. The van der Waals surface area contributed by atoms with E-state index in [-0.39, 0.29) is 6.10 Å². The highest BCUT2D eigenvalue weighted by Gasteiger charge is 2.23. The average Bonchev–Trinajstić information content (AvgIpc) is 3.30. The third-order valence-corrected chi connectivity index (χ3v) is 6.42. The van der Waals surface area contributed by atoms with Gasteiger partial charge in [-0.2, -0.15) is 0 Å². The molecule has 0 radical (unpaired) electrons. The summed E-state index contributed by atoms with van der Waals surface area (Å²) < 4.78 is 13.5. The Morgan fingerprint density at radius 2 is 2.06 bits per heavy atom. The summed E-state index contributed by atoms with van der Waals surface area (Å²) in [5.74, 6) is 3.24. The summed E-state index contributed by atoms with van der Waals surface area (Å²) in [7, 11) is 3.71. The quantitative estimate of drug-likeness (QED) is 0.401. The lowest BCUT2D eigenvalue weighted by Gasteiger charge is -2.33. The molecule has 1 aliphatic rings. The Morgan fingerprint density at radius 3 is 2.83 bits per heavy atom. The molecule has 4 heterocycles. The van der Waals surface area contributed by atoms with Crippen molar-refractivity contribution in [1.29, 1.82) is 0 Å². The Hall–Kier alpha value is -3.59. The molecular weight excluding hydrogens is 442 g/mol. The molecule has 3 aromatic heterocycles. The van der Waals surface area contributed by atoms with E-state index < -0.39 is 0 Å². The highest BCUT2D eigenvalue weighted by molar-refractivity contribution is 5.88. The number of aryl methyl sites for hydroxylation is 2. The number of piperidine rings is 1. The van der Waals surface area contributed by atoms with Crippen LogP contribution in [0.15, 0.2) is 36.8 Å². The van der Waals surface area contributed by atoms with Crippen LogP contribution in [0, 0.1) is 6.92 Å². The number of hydrogen-bond donors (Lipinski definition) is 0. The molecule has 0 amide bonds. The molecule has 1 unspecified atom stereocenters. The number of rotatable bonds is 7. The molecule has 1 fully saturated rings. The fourth-order valence-corrected chi connectivity index (χ4v) is 4.66. The maximum absolute atomic E-state index is 5.99. The van der Waals surface area contributed by atoms with Crippen LogP contribution in [0.3, 0.4) is 0 Å². The van der Waals surface area contributed by atoms with Gasteiger partial charge in [-0.25, -0.2) is 15.0 Å². The first kappa shape index (κ1) is 23.2. The summed E-state index contributed by atoms with van der Waals surface area (Å²) in [6.45, 7) is 6.33. The van der Waals surface area contributed by atoms with E-state index in [9.17, 15) is 0 Å². The number of methoxy groups -OCH3 is 1. The van der Waals surface area contributed by atoms with Crippen molar-refractivity contribution in [2.45, 2.75) is 39.2 Å². The minimum atomic E-state index is 0.212. The van der Waals surface area contributed by atoms with Crippen LogP contribution in [0.5, 0.6) is 5.75 Å². The van der Waals surface area contributed by atoms with Crippen LogP contribution in [0.4, 0.5) is 5.82 Å². The Labute approximate surface area is 205 Å². The van der Waals surface area contributed by atoms with Gasteiger partial charge in [-0.1, -0.05) is 12.1 Å². The predicted molar refractivity (Wildman–Crippen MR) is 135 cm³/mol. The van der Waals surface area contributed by atoms with Gasteiger partial charge < -0.3 is 18.9 Å². The number of aromatic nitrogens is 6. The zero-order valence-corrected chi connectivity index (χ0v) is 20.7. The van der Waals surface area contributed by atoms with Gasteiger partial charge in [0.2, 0.25) is 0 Å². The molecule has 9 heteroatoms. The minimum Gasteiger partial charge on any atom is -0.494 e. The van der Waals surface area contributed by atoms with E-state index in [0.717, 1.165) is 76.9 Å².